The van der Waals surface area contributed by atoms with Gasteiger partial charge in [0.1, 0.15) is 17.2 Å². The molecule has 2 aliphatic rings. The first-order valence-electron chi connectivity index (χ1n) is 13.0. The van der Waals surface area contributed by atoms with Crippen LogP contribution in [0.4, 0.5) is 14.6 Å². The summed E-state index contributed by atoms with van der Waals surface area (Å²) in [6.45, 7) is 2.54. The molecule has 2 aliphatic heterocycles. The quantitative estimate of drug-likeness (QED) is 0.246. The van der Waals surface area contributed by atoms with E-state index in [2.05, 4.69) is 27.5 Å². The minimum absolute atomic E-state index is 0.000689. The van der Waals surface area contributed by atoms with Gasteiger partial charge in [-0.1, -0.05) is 24.3 Å². The normalized spacial score (nSPS) is 20.9. The third-order valence-electron chi connectivity index (χ3n) is 7.61. The molecule has 7 rings (SSSR count). The van der Waals surface area contributed by atoms with E-state index in [0.717, 1.165) is 35.4 Å². The Hall–Kier alpha value is -3.40. The fourth-order valence-electron chi connectivity index (χ4n) is 5.80. The van der Waals surface area contributed by atoms with Gasteiger partial charge in [0.15, 0.2) is 17.2 Å². The maximum atomic E-state index is 13.8. The van der Waals surface area contributed by atoms with E-state index in [1.807, 2.05) is 59.1 Å². The summed E-state index contributed by atoms with van der Waals surface area (Å²) in [5.74, 6) is 2.14. The predicted octanol–water partition coefficient (Wildman–Crippen LogP) is 6.78. The molecular formula is C28H27F2N5O2S. The predicted molar refractivity (Wildman–Crippen MR) is 145 cm³/mol. The molecule has 0 amide bonds. The zero-order chi connectivity index (χ0) is 25.8. The average molecular weight is 536 g/mol. The fraction of sp³-hybridized carbons (Fsp3) is 0.393. The second-order valence-corrected chi connectivity index (χ2v) is 11.3. The number of ether oxygens (including phenoxy) is 1. The maximum absolute atomic E-state index is 13.8. The van der Waals surface area contributed by atoms with Gasteiger partial charge in [-0.25, -0.2) is 18.7 Å². The SMILES string of the molecule is C[C@@H]1C[C@H](Oc2nc3ccccc3n2C2CCSCC2)CN1c1nc(C(F)F)nc2c1oc1ccccc12. The number of furan rings is 1. The summed E-state index contributed by atoms with van der Waals surface area (Å²) >= 11 is 1.99. The summed E-state index contributed by atoms with van der Waals surface area (Å²) in [7, 11) is 0. The molecule has 5 heterocycles. The van der Waals surface area contributed by atoms with Gasteiger partial charge in [0.05, 0.1) is 17.6 Å². The smallest absolute Gasteiger partial charge is 0.297 e. The third-order valence-corrected chi connectivity index (χ3v) is 8.66. The molecule has 0 N–H and O–H groups in total. The number of thioether (sulfide) groups is 1. The van der Waals surface area contributed by atoms with Crippen LogP contribution >= 0.6 is 11.8 Å². The molecule has 2 fully saturated rings. The van der Waals surface area contributed by atoms with Crippen LogP contribution in [-0.2, 0) is 0 Å². The Balaban J connectivity index is 1.25. The summed E-state index contributed by atoms with van der Waals surface area (Å²) in [4.78, 5) is 15.3. The fourth-order valence-corrected chi connectivity index (χ4v) is 6.88. The zero-order valence-corrected chi connectivity index (χ0v) is 21.7. The number of benzene rings is 2. The number of aromatic nitrogens is 4. The molecule has 0 radical (unpaired) electrons. The molecule has 7 nitrogen and oxygen atoms in total. The molecule has 3 aromatic heterocycles. The Morgan fingerprint density at radius 1 is 1.03 bits per heavy atom. The van der Waals surface area contributed by atoms with E-state index in [0.29, 0.717) is 52.9 Å². The monoisotopic (exact) mass is 535 g/mol. The van der Waals surface area contributed by atoms with Gasteiger partial charge in [-0.05, 0) is 55.5 Å². The first kappa shape index (κ1) is 23.7. The molecule has 38 heavy (non-hydrogen) atoms. The molecule has 0 saturated carbocycles. The van der Waals surface area contributed by atoms with Crippen molar-refractivity contribution in [2.24, 2.45) is 0 Å². The van der Waals surface area contributed by atoms with Gasteiger partial charge in [0.25, 0.3) is 12.4 Å². The lowest BCUT2D eigenvalue weighted by Gasteiger charge is -2.26. The topological polar surface area (TPSA) is 69.2 Å². The van der Waals surface area contributed by atoms with Crippen LogP contribution in [0.15, 0.2) is 52.9 Å². The van der Waals surface area contributed by atoms with E-state index < -0.39 is 12.2 Å². The molecule has 0 aliphatic carbocycles. The molecule has 196 valence electrons. The molecule has 0 bridgehead atoms. The van der Waals surface area contributed by atoms with Crippen molar-refractivity contribution in [3.05, 3.63) is 54.4 Å². The van der Waals surface area contributed by atoms with Crippen LogP contribution < -0.4 is 9.64 Å². The van der Waals surface area contributed by atoms with Crippen molar-refractivity contribution in [3.8, 4) is 6.01 Å². The van der Waals surface area contributed by atoms with E-state index in [4.69, 9.17) is 14.1 Å². The highest BCUT2D eigenvalue weighted by molar-refractivity contribution is 7.99. The molecule has 5 aromatic rings. The third kappa shape index (κ3) is 3.97. The Morgan fingerprint density at radius 3 is 2.66 bits per heavy atom. The van der Waals surface area contributed by atoms with Gasteiger partial charge < -0.3 is 14.1 Å². The van der Waals surface area contributed by atoms with Crippen LogP contribution in [0.5, 0.6) is 6.01 Å². The van der Waals surface area contributed by atoms with Crippen molar-refractivity contribution >= 4 is 50.7 Å². The minimum atomic E-state index is -2.79. The Labute approximate surface area is 222 Å². The highest BCUT2D eigenvalue weighted by atomic mass is 32.2. The van der Waals surface area contributed by atoms with Crippen molar-refractivity contribution in [1.29, 1.82) is 0 Å². The Morgan fingerprint density at radius 2 is 1.82 bits per heavy atom. The molecule has 10 heteroatoms. The van der Waals surface area contributed by atoms with E-state index in [9.17, 15) is 8.78 Å². The molecule has 2 saturated heterocycles. The Kier molecular flexibility index (Phi) is 5.87. The van der Waals surface area contributed by atoms with Gasteiger partial charge >= 0.3 is 0 Å². The highest BCUT2D eigenvalue weighted by Crippen LogP contribution is 2.39. The minimum Gasteiger partial charge on any atom is -0.459 e. The van der Waals surface area contributed by atoms with Crippen molar-refractivity contribution in [2.75, 3.05) is 23.0 Å². The van der Waals surface area contributed by atoms with Crippen LogP contribution in [0.25, 0.3) is 33.1 Å². The number of fused-ring (bicyclic) bond motifs is 4. The average Bonchev–Trinajstić information content (AvgIpc) is 3.61. The van der Waals surface area contributed by atoms with Gasteiger partial charge in [-0.2, -0.15) is 16.7 Å². The highest BCUT2D eigenvalue weighted by Gasteiger charge is 2.36. The molecular weight excluding hydrogens is 508 g/mol. The second-order valence-electron chi connectivity index (χ2n) is 10.1. The summed E-state index contributed by atoms with van der Waals surface area (Å²) in [5, 5.41) is 0.701. The lowest BCUT2D eigenvalue weighted by molar-refractivity contribution is 0.141. The molecule has 0 unspecified atom stereocenters. The van der Waals surface area contributed by atoms with Gasteiger partial charge in [0.2, 0.25) is 0 Å². The van der Waals surface area contributed by atoms with Crippen molar-refractivity contribution < 1.29 is 17.9 Å². The van der Waals surface area contributed by atoms with Gasteiger partial charge in [0, 0.05) is 23.9 Å². The zero-order valence-electron chi connectivity index (χ0n) is 20.9. The van der Waals surface area contributed by atoms with Gasteiger partial charge in [-0.15, -0.1) is 0 Å². The van der Waals surface area contributed by atoms with Crippen LogP contribution in [0.1, 0.15) is 44.5 Å². The molecule has 0 spiro atoms. The van der Waals surface area contributed by atoms with Crippen LogP contribution in [0, 0.1) is 0 Å². The van der Waals surface area contributed by atoms with Crippen LogP contribution in [0.3, 0.4) is 0 Å². The first-order chi connectivity index (χ1) is 18.6. The van der Waals surface area contributed by atoms with E-state index in [-0.39, 0.29) is 12.1 Å². The number of rotatable bonds is 5. The summed E-state index contributed by atoms with van der Waals surface area (Å²) in [5.41, 5.74) is 3.45. The summed E-state index contributed by atoms with van der Waals surface area (Å²) in [6.07, 6.45) is -0.0982. The summed E-state index contributed by atoms with van der Waals surface area (Å²) < 4.78 is 42.6. The number of hydrogen-bond donors (Lipinski definition) is 0. The number of imidazole rings is 1. The van der Waals surface area contributed by atoms with Crippen LogP contribution in [0.2, 0.25) is 0 Å². The van der Waals surface area contributed by atoms with Crippen molar-refractivity contribution in [2.45, 2.75) is 50.8 Å². The van der Waals surface area contributed by atoms with Crippen LogP contribution in [-0.4, -0.2) is 49.7 Å². The number of alkyl halides is 2. The van der Waals surface area contributed by atoms with Crippen molar-refractivity contribution in [1.82, 2.24) is 19.5 Å². The first-order valence-corrected chi connectivity index (χ1v) is 14.2. The maximum Gasteiger partial charge on any atom is 0.297 e. The van der Waals surface area contributed by atoms with E-state index in [1.165, 1.54) is 0 Å². The standard InChI is InChI=1S/C28H27F2N5O2S/c1-16-14-18(36-28-31-20-7-3-4-8-21(20)35(28)17-10-12-38-13-11-17)15-34(16)27-24-23(32-26(33-27)25(29)30)19-6-2-5-9-22(19)37-24/h2-9,16-18,25H,10-15H2,1H3/t16-,18+/m1/s1. The lowest BCUT2D eigenvalue weighted by Crippen LogP contribution is -2.30. The number of anilines is 1. The Bertz CT molecular complexity index is 1630. The molecule has 2 aromatic carbocycles. The van der Waals surface area contributed by atoms with Gasteiger partial charge in [-0.3, -0.25) is 4.57 Å². The number of halogens is 2. The number of nitrogens with zero attached hydrogens (tertiary/aromatic N) is 5. The number of para-hydroxylation sites is 3. The van der Waals surface area contributed by atoms with E-state index in [1.54, 1.807) is 0 Å². The lowest BCUT2D eigenvalue weighted by atomic mass is 10.1. The largest absolute Gasteiger partial charge is 0.459 e. The second kappa shape index (κ2) is 9.41. The molecule has 2 atom stereocenters. The number of hydrogen-bond acceptors (Lipinski definition) is 7. The van der Waals surface area contributed by atoms with Crippen molar-refractivity contribution in [3.63, 3.8) is 0 Å². The summed E-state index contributed by atoms with van der Waals surface area (Å²) in [6, 6.07) is 16.5. The van der Waals surface area contributed by atoms with E-state index >= 15 is 0 Å².